The van der Waals surface area contributed by atoms with Crippen LogP contribution in [0.25, 0.3) is 0 Å². The van der Waals surface area contributed by atoms with E-state index in [0.29, 0.717) is 12.2 Å². The number of hydrogen-bond acceptors (Lipinski definition) is 3. The molecule has 6 nitrogen and oxygen atoms in total. The molecule has 6 heteroatoms. The number of nitrogens with one attached hydrogen (secondary N) is 3. The van der Waals surface area contributed by atoms with E-state index in [4.69, 9.17) is 5.11 Å². The molecule has 0 saturated carbocycles. The largest absolute Gasteiger partial charge is 0.478 e. The molecule has 0 aliphatic heterocycles. The van der Waals surface area contributed by atoms with Gasteiger partial charge in [0, 0.05) is 6.54 Å². The number of carbonyl (C=O) groups excluding carboxylic acids is 1. The first kappa shape index (κ1) is 15.0. The summed E-state index contributed by atoms with van der Waals surface area (Å²) in [5.74, 6) is -1.06. The molecular weight excluding hydrogens is 246 g/mol. The first-order chi connectivity index (χ1) is 9.04. The molecule has 0 aliphatic rings. The molecule has 2 amide bonds. The van der Waals surface area contributed by atoms with Crippen LogP contribution in [-0.2, 0) is 0 Å². The maximum Gasteiger partial charge on any atom is 0.337 e. The minimum atomic E-state index is -1.06. The lowest BCUT2D eigenvalue weighted by molar-refractivity contribution is 0.0698. The van der Waals surface area contributed by atoms with Crippen molar-refractivity contribution < 1.29 is 14.7 Å². The second kappa shape index (κ2) is 7.38. The van der Waals surface area contributed by atoms with Crippen LogP contribution in [0.5, 0.6) is 0 Å². The zero-order chi connectivity index (χ0) is 14.3. The SMILES string of the molecule is CNCCCNC(=O)Nc1ccc(C)cc1C(=O)O. The molecule has 0 spiro atoms. The van der Waals surface area contributed by atoms with E-state index in [1.54, 1.807) is 19.1 Å². The third-order valence-corrected chi connectivity index (χ3v) is 2.54. The summed E-state index contributed by atoms with van der Waals surface area (Å²) >= 11 is 0. The predicted molar refractivity (Wildman–Crippen MR) is 73.7 cm³/mol. The van der Waals surface area contributed by atoms with E-state index in [-0.39, 0.29) is 5.56 Å². The van der Waals surface area contributed by atoms with Gasteiger partial charge in [-0.05, 0) is 39.1 Å². The lowest BCUT2D eigenvalue weighted by Gasteiger charge is -2.10. The lowest BCUT2D eigenvalue weighted by Crippen LogP contribution is -2.31. The van der Waals surface area contributed by atoms with Crippen LogP contribution in [0.3, 0.4) is 0 Å². The van der Waals surface area contributed by atoms with Gasteiger partial charge in [0.05, 0.1) is 11.3 Å². The third kappa shape index (κ3) is 4.97. The summed E-state index contributed by atoms with van der Waals surface area (Å²) in [5.41, 5.74) is 1.21. The van der Waals surface area contributed by atoms with Crippen molar-refractivity contribution >= 4 is 17.7 Å². The maximum absolute atomic E-state index is 11.6. The fourth-order valence-corrected chi connectivity index (χ4v) is 1.58. The fraction of sp³-hybridized carbons (Fsp3) is 0.385. The predicted octanol–water partition coefficient (Wildman–Crippen LogP) is 1.42. The number of rotatable bonds is 6. The molecule has 0 aromatic heterocycles. The van der Waals surface area contributed by atoms with Crippen LogP contribution < -0.4 is 16.0 Å². The zero-order valence-electron chi connectivity index (χ0n) is 11.1. The zero-order valence-corrected chi connectivity index (χ0v) is 11.1. The second-order valence-electron chi connectivity index (χ2n) is 4.19. The van der Waals surface area contributed by atoms with Crippen LogP contribution in [0.2, 0.25) is 0 Å². The van der Waals surface area contributed by atoms with Crippen LogP contribution in [0.1, 0.15) is 22.3 Å². The van der Waals surface area contributed by atoms with Crippen molar-refractivity contribution in [2.24, 2.45) is 0 Å². The van der Waals surface area contributed by atoms with Crippen molar-refractivity contribution in [3.8, 4) is 0 Å². The van der Waals surface area contributed by atoms with Gasteiger partial charge in [-0.2, -0.15) is 0 Å². The Hall–Kier alpha value is -2.08. The smallest absolute Gasteiger partial charge is 0.337 e. The fourth-order valence-electron chi connectivity index (χ4n) is 1.58. The molecule has 19 heavy (non-hydrogen) atoms. The third-order valence-electron chi connectivity index (χ3n) is 2.54. The van der Waals surface area contributed by atoms with Gasteiger partial charge in [0.25, 0.3) is 0 Å². The van der Waals surface area contributed by atoms with Gasteiger partial charge in [-0.15, -0.1) is 0 Å². The molecule has 0 fully saturated rings. The van der Waals surface area contributed by atoms with Crippen molar-refractivity contribution in [2.45, 2.75) is 13.3 Å². The minimum absolute atomic E-state index is 0.0883. The summed E-state index contributed by atoms with van der Waals surface area (Å²) < 4.78 is 0. The average Bonchev–Trinajstić information content (AvgIpc) is 2.36. The van der Waals surface area contributed by atoms with Gasteiger partial charge >= 0.3 is 12.0 Å². The number of carboxylic acid groups (broad SMARTS) is 1. The summed E-state index contributed by atoms with van der Waals surface area (Å²) in [5, 5.41) is 17.2. The van der Waals surface area contributed by atoms with Crippen molar-refractivity contribution in [1.82, 2.24) is 10.6 Å². The molecule has 0 heterocycles. The van der Waals surface area contributed by atoms with Gasteiger partial charge in [0.1, 0.15) is 0 Å². The number of benzene rings is 1. The summed E-state index contributed by atoms with van der Waals surface area (Å²) in [6.07, 6.45) is 0.809. The number of carbonyl (C=O) groups is 2. The van der Waals surface area contributed by atoms with E-state index in [9.17, 15) is 9.59 Å². The van der Waals surface area contributed by atoms with Gasteiger partial charge < -0.3 is 21.1 Å². The Bertz CT molecular complexity index is 460. The van der Waals surface area contributed by atoms with E-state index < -0.39 is 12.0 Å². The van der Waals surface area contributed by atoms with Crippen molar-refractivity contribution in [3.05, 3.63) is 29.3 Å². The van der Waals surface area contributed by atoms with E-state index in [1.807, 2.05) is 7.05 Å². The number of anilines is 1. The molecule has 1 aromatic carbocycles. The monoisotopic (exact) mass is 265 g/mol. The van der Waals surface area contributed by atoms with Gasteiger partial charge in [0.2, 0.25) is 0 Å². The highest BCUT2D eigenvalue weighted by atomic mass is 16.4. The van der Waals surface area contributed by atoms with Crippen LogP contribution in [0.15, 0.2) is 18.2 Å². The molecule has 0 aliphatic carbocycles. The molecule has 0 unspecified atom stereocenters. The Labute approximate surface area is 112 Å². The Morgan fingerprint density at radius 3 is 2.63 bits per heavy atom. The number of carboxylic acids is 1. The Kier molecular flexibility index (Phi) is 5.81. The highest BCUT2D eigenvalue weighted by Gasteiger charge is 2.12. The van der Waals surface area contributed by atoms with E-state index in [0.717, 1.165) is 18.5 Å². The second-order valence-corrected chi connectivity index (χ2v) is 4.19. The van der Waals surface area contributed by atoms with Crippen molar-refractivity contribution in [2.75, 3.05) is 25.5 Å². The summed E-state index contributed by atoms with van der Waals surface area (Å²) in [6, 6.07) is 4.47. The van der Waals surface area contributed by atoms with Crippen LogP contribution in [0.4, 0.5) is 10.5 Å². The van der Waals surface area contributed by atoms with Gasteiger partial charge in [-0.3, -0.25) is 0 Å². The quantitative estimate of drug-likeness (QED) is 0.586. The van der Waals surface area contributed by atoms with E-state index in [1.165, 1.54) is 6.07 Å². The molecule has 0 saturated heterocycles. The van der Waals surface area contributed by atoms with Crippen LogP contribution in [0, 0.1) is 6.92 Å². The average molecular weight is 265 g/mol. The molecule has 0 bridgehead atoms. The number of urea groups is 1. The highest BCUT2D eigenvalue weighted by molar-refractivity contribution is 6.00. The summed E-state index contributed by atoms with van der Waals surface area (Å²) in [4.78, 5) is 22.7. The highest BCUT2D eigenvalue weighted by Crippen LogP contribution is 2.17. The minimum Gasteiger partial charge on any atom is -0.478 e. The summed E-state index contributed by atoms with van der Waals surface area (Å²) in [6.45, 7) is 3.14. The first-order valence-electron chi connectivity index (χ1n) is 6.08. The molecule has 104 valence electrons. The Morgan fingerprint density at radius 1 is 1.26 bits per heavy atom. The van der Waals surface area contributed by atoms with E-state index >= 15 is 0 Å². The van der Waals surface area contributed by atoms with E-state index in [2.05, 4.69) is 16.0 Å². The topological polar surface area (TPSA) is 90.5 Å². The lowest BCUT2D eigenvalue weighted by atomic mass is 10.1. The van der Waals surface area contributed by atoms with Crippen LogP contribution in [-0.4, -0.2) is 37.2 Å². The first-order valence-corrected chi connectivity index (χ1v) is 6.08. The van der Waals surface area contributed by atoms with Crippen molar-refractivity contribution in [3.63, 3.8) is 0 Å². The van der Waals surface area contributed by atoms with Crippen molar-refractivity contribution in [1.29, 1.82) is 0 Å². The standard InChI is InChI=1S/C13H19N3O3/c1-9-4-5-11(10(8-9)12(17)18)16-13(19)15-7-3-6-14-2/h4-5,8,14H,3,6-7H2,1-2H3,(H,17,18)(H2,15,16,19). The molecule has 1 aromatic rings. The number of aromatic carboxylic acids is 1. The Balaban J connectivity index is 2.61. The summed E-state index contributed by atoms with van der Waals surface area (Å²) in [7, 11) is 1.84. The van der Waals surface area contributed by atoms with Crippen LogP contribution >= 0.6 is 0 Å². The molecule has 0 radical (unpaired) electrons. The Morgan fingerprint density at radius 2 is 2.00 bits per heavy atom. The number of amides is 2. The molecular formula is C13H19N3O3. The number of hydrogen-bond donors (Lipinski definition) is 4. The van der Waals surface area contributed by atoms with Gasteiger partial charge in [0.15, 0.2) is 0 Å². The molecule has 4 N–H and O–H groups in total. The molecule has 0 atom stereocenters. The van der Waals surface area contributed by atoms with Gasteiger partial charge in [-0.1, -0.05) is 11.6 Å². The van der Waals surface area contributed by atoms with Gasteiger partial charge in [-0.25, -0.2) is 9.59 Å². The normalized spacial score (nSPS) is 10.0. The maximum atomic E-state index is 11.6. The molecule has 1 rings (SSSR count). The number of aryl methyl sites for hydroxylation is 1.